The third-order valence-electron chi connectivity index (χ3n) is 6.16. The maximum Gasteiger partial charge on any atom is 0.303 e. The number of hydrogen-bond donors (Lipinski definition) is 2. The molecule has 2 bridgehead atoms. The molecule has 2 heterocycles. The summed E-state index contributed by atoms with van der Waals surface area (Å²) in [6, 6.07) is 9.78. The van der Waals surface area contributed by atoms with Crippen LogP contribution in [0.25, 0.3) is 0 Å². The summed E-state index contributed by atoms with van der Waals surface area (Å²) >= 11 is 0. The molecule has 2 fully saturated rings. The standard InChI is InChI=1S/C25H33NO4/c27-20(18-19-8-4-3-5-9-19)14-16-26-17-15-22-21(23-12-13-24(22)30-23)10-6-1-2-7-11-25(28)29/h1,3-6,8-9,14,16,21-24,26H,2,7,10-13,15,17-18H2,(H,28,29)/b6-1-,16-14?/t21-,22+,23-,24+/m0/s1. The first-order valence-electron chi connectivity index (χ1n) is 11.1. The Morgan fingerprint density at radius 3 is 2.63 bits per heavy atom. The van der Waals surface area contributed by atoms with E-state index in [1.165, 1.54) is 0 Å². The molecule has 5 heteroatoms. The number of nitrogens with one attached hydrogen (secondary N) is 1. The number of fused-ring (bicyclic) bond motifs is 2. The Morgan fingerprint density at radius 1 is 1.10 bits per heavy atom. The number of rotatable bonds is 13. The van der Waals surface area contributed by atoms with E-state index in [1.807, 2.05) is 30.3 Å². The molecule has 2 aliphatic rings. The minimum atomic E-state index is -0.728. The van der Waals surface area contributed by atoms with Crippen LogP contribution in [0, 0.1) is 11.8 Å². The summed E-state index contributed by atoms with van der Waals surface area (Å²) in [6.45, 7) is 0.838. The Labute approximate surface area is 179 Å². The highest BCUT2D eigenvalue weighted by atomic mass is 16.5. The number of benzene rings is 1. The third kappa shape index (κ3) is 6.84. The number of allylic oxidation sites excluding steroid dienone is 3. The average molecular weight is 412 g/mol. The van der Waals surface area contributed by atoms with E-state index in [4.69, 9.17) is 9.84 Å². The Hall–Kier alpha value is -2.40. The van der Waals surface area contributed by atoms with Gasteiger partial charge in [0.25, 0.3) is 0 Å². The van der Waals surface area contributed by atoms with Gasteiger partial charge in [0.2, 0.25) is 0 Å². The molecule has 0 aromatic heterocycles. The summed E-state index contributed by atoms with van der Waals surface area (Å²) in [5.74, 6) is 0.467. The molecular formula is C25H33NO4. The fourth-order valence-electron chi connectivity index (χ4n) is 4.68. The van der Waals surface area contributed by atoms with Gasteiger partial charge >= 0.3 is 5.97 Å². The lowest BCUT2D eigenvalue weighted by Crippen LogP contribution is -2.29. The van der Waals surface area contributed by atoms with Crippen molar-refractivity contribution >= 4 is 11.8 Å². The predicted molar refractivity (Wildman–Crippen MR) is 117 cm³/mol. The molecule has 1 aromatic rings. The number of carbonyl (C=O) groups is 2. The minimum Gasteiger partial charge on any atom is -0.481 e. The average Bonchev–Trinajstić information content (AvgIpc) is 3.33. The highest BCUT2D eigenvalue weighted by Crippen LogP contribution is 2.46. The summed E-state index contributed by atoms with van der Waals surface area (Å²) in [4.78, 5) is 22.6. The summed E-state index contributed by atoms with van der Waals surface area (Å²) < 4.78 is 6.16. The number of ketones is 1. The van der Waals surface area contributed by atoms with Gasteiger partial charge in [-0.2, -0.15) is 0 Å². The lowest BCUT2D eigenvalue weighted by molar-refractivity contribution is -0.137. The van der Waals surface area contributed by atoms with Gasteiger partial charge in [0.05, 0.1) is 12.2 Å². The molecule has 0 radical (unpaired) electrons. The molecule has 0 aliphatic carbocycles. The molecule has 2 aliphatic heterocycles. The van der Waals surface area contributed by atoms with Gasteiger partial charge in [-0.15, -0.1) is 0 Å². The molecule has 162 valence electrons. The lowest BCUT2D eigenvalue weighted by Gasteiger charge is -2.27. The zero-order valence-electron chi connectivity index (χ0n) is 17.5. The van der Waals surface area contributed by atoms with Crippen LogP contribution in [0.4, 0.5) is 0 Å². The molecule has 30 heavy (non-hydrogen) atoms. The molecule has 2 N–H and O–H groups in total. The van der Waals surface area contributed by atoms with Crippen LogP contribution in [0.3, 0.4) is 0 Å². The highest BCUT2D eigenvalue weighted by Gasteiger charge is 2.47. The van der Waals surface area contributed by atoms with Gasteiger partial charge in [-0.1, -0.05) is 42.5 Å². The van der Waals surface area contributed by atoms with Crippen LogP contribution in [0.1, 0.15) is 50.5 Å². The highest BCUT2D eigenvalue weighted by molar-refractivity contribution is 5.91. The van der Waals surface area contributed by atoms with E-state index < -0.39 is 5.97 Å². The molecule has 5 nitrogen and oxygen atoms in total. The third-order valence-corrected chi connectivity index (χ3v) is 6.16. The minimum absolute atomic E-state index is 0.0999. The first kappa shape index (κ1) is 22.3. The largest absolute Gasteiger partial charge is 0.481 e. The van der Waals surface area contributed by atoms with Gasteiger partial charge < -0.3 is 15.2 Å². The lowest BCUT2D eigenvalue weighted by atomic mass is 9.76. The molecule has 0 amide bonds. The number of carboxylic acid groups (broad SMARTS) is 1. The summed E-state index contributed by atoms with van der Waals surface area (Å²) in [6.07, 6.45) is 15.0. The Morgan fingerprint density at radius 2 is 1.87 bits per heavy atom. The first-order valence-corrected chi connectivity index (χ1v) is 11.1. The van der Waals surface area contributed by atoms with Crippen LogP contribution in [0.2, 0.25) is 0 Å². The quantitative estimate of drug-likeness (QED) is 0.288. The van der Waals surface area contributed by atoms with Crippen molar-refractivity contribution in [1.29, 1.82) is 0 Å². The maximum absolute atomic E-state index is 12.0. The summed E-state index contributed by atoms with van der Waals surface area (Å²) in [5.41, 5.74) is 1.03. The number of hydrogen-bond acceptors (Lipinski definition) is 4. The fourth-order valence-corrected chi connectivity index (χ4v) is 4.68. The second-order valence-corrected chi connectivity index (χ2v) is 8.32. The molecular weight excluding hydrogens is 378 g/mol. The van der Waals surface area contributed by atoms with E-state index in [0.717, 1.165) is 44.2 Å². The van der Waals surface area contributed by atoms with Crippen LogP contribution >= 0.6 is 0 Å². The molecule has 4 atom stereocenters. The van der Waals surface area contributed by atoms with E-state index in [0.29, 0.717) is 36.9 Å². The number of carbonyl (C=O) groups excluding carboxylic acids is 1. The van der Waals surface area contributed by atoms with Gasteiger partial charge in [-0.25, -0.2) is 0 Å². The second kappa shape index (κ2) is 11.7. The van der Waals surface area contributed by atoms with Crippen molar-refractivity contribution in [2.24, 2.45) is 11.8 Å². The smallest absolute Gasteiger partial charge is 0.303 e. The summed E-state index contributed by atoms with van der Waals surface area (Å²) in [5, 5.41) is 12.0. The second-order valence-electron chi connectivity index (χ2n) is 8.32. The molecule has 3 rings (SSSR count). The zero-order valence-corrected chi connectivity index (χ0v) is 17.5. The maximum atomic E-state index is 12.0. The van der Waals surface area contributed by atoms with Crippen LogP contribution in [-0.4, -0.2) is 35.6 Å². The Kier molecular flexibility index (Phi) is 8.69. The van der Waals surface area contributed by atoms with Crippen LogP contribution in [0.5, 0.6) is 0 Å². The van der Waals surface area contributed by atoms with Crippen molar-refractivity contribution in [2.45, 2.75) is 63.6 Å². The van der Waals surface area contributed by atoms with Gasteiger partial charge in [-0.05, 0) is 68.2 Å². The van der Waals surface area contributed by atoms with E-state index in [9.17, 15) is 9.59 Å². The number of aliphatic carboxylic acids is 1. The van der Waals surface area contributed by atoms with E-state index in [2.05, 4.69) is 17.5 Å². The number of ether oxygens (including phenoxy) is 1. The van der Waals surface area contributed by atoms with Crippen LogP contribution < -0.4 is 5.32 Å². The van der Waals surface area contributed by atoms with Gasteiger partial charge in [-0.3, -0.25) is 9.59 Å². The van der Waals surface area contributed by atoms with Crippen molar-refractivity contribution in [3.05, 3.63) is 60.3 Å². The van der Waals surface area contributed by atoms with Crippen LogP contribution in [0.15, 0.2) is 54.8 Å². The monoisotopic (exact) mass is 411 g/mol. The summed E-state index contributed by atoms with van der Waals surface area (Å²) in [7, 11) is 0. The van der Waals surface area contributed by atoms with Crippen molar-refractivity contribution in [3.63, 3.8) is 0 Å². The number of unbranched alkanes of at least 4 members (excludes halogenated alkanes) is 1. The molecule has 1 aromatic carbocycles. The van der Waals surface area contributed by atoms with E-state index >= 15 is 0 Å². The van der Waals surface area contributed by atoms with E-state index in [-0.39, 0.29) is 12.2 Å². The van der Waals surface area contributed by atoms with Crippen molar-refractivity contribution < 1.29 is 19.4 Å². The number of carboxylic acids is 1. The van der Waals surface area contributed by atoms with Crippen molar-refractivity contribution in [3.8, 4) is 0 Å². The first-order chi connectivity index (χ1) is 14.6. The molecule has 2 saturated heterocycles. The Bertz CT molecular complexity index is 743. The van der Waals surface area contributed by atoms with Gasteiger partial charge in [0.15, 0.2) is 5.78 Å². The van der Waals surface area contributed by atoms with Gasteiger partial charge in [0, 0.05) is 19.4 Å². The predicted octanol–water partition coefficient (Wildman–Crippen LogP) is 4.29. The molecule has 0 spiro atoms. The fraction of sp³-hybridized carbons (Fsp3) is 0.520. The van der Waals surface area contributed by atoms with Gasteiger partial charge in [0.1, 0.15) is 0 Å². The normalized spacial score (nSPS) is 25.3. The zero-order chi connectivity index (χ0) is 21.2. The molecule has 0 unspecified atom stereocenters. The SMILES string of the molecule is O=C(O)CCC/C=C\C[C@H]1[C@@H](CCNC=CC(=O)Cc2ccccc2)[C@H]2CC[C@@H]1O2. The van der Waals surface area contributed by atoms with Crippen molar-refractivity contribution in [1.82, 2.24) is 5.32 Å². The van der Waals surface area contributed by atoms with Crippen LogP contribution in [-0.2, 0) is 20.7 Å². The van der Waals surface area contributed by atoms with E-state index in [1.54, 1.807) is 12.3 Å². The molecule has 0 saturated carbocycles. The Balaban J connectivity index is 1.36. The van der Waals surface area contributed by atoms with Crippen molar-refractivity contribution in [2.75, 3.05) is 6.54 Å². The topological polar surface area (TPSA) is 75.6 Å².